The quantitative estimate of drug-likeness (QED) is 0.486. The minimum absolute atomic E-state index is 0. The number of likely N-dealkylation sites (tertiary alicyclic amines) is 1. The fraction of sp³-hybridized carbons (Fsp3) is 0.667. The number of rotatable bonds is 4. The highest BCUT2D eigenvalue weighted by Gasteiger charge is 2.25. The second-order valence-corrected chi connectivity index (χ2v) is 5.71. The van der Waals surface area contributed by atoms with Crippen LogP contribution in [0, 0.1) is 11.8 Å². The number of nitrogens with one attached hydrogen (secondary N) is 1. The molecule has 0 spiro atoms. The molecule has 1 fully saturated rings. The molecule has 1 N–H and O–H groups in total. The summed E-state index contributed by atoms with van der Waals surface area (Å²) in [5, 5.41) is 3.37. The molecule has 0 aliphatic carbocycles. The number of halogens is 1. The Labute approximate surface area is 139 Å². The molecule has 1 aromatic heterocycles. The first-order chi connectivity index (χ1) is 9.19. The van der Waals surface area contributed by atoms with Gasteiger partial charge in [-0.25, -0.2) is 0 Å². The third kappa shape index (κ3) is 5.00. The Kier molecular flexibility index (Phi) is 7.40. The summed E-state index contributed by atoms with van der Waals surface area (Å²) in [4.78, 5) is 6.73. The summed E-state index contributed by atoms with van der Waals surface area (Å²) in [6, 6.07) is 3.89. The van der Waals surface area contributed by atoms with Crippen LogP contribution in [0.2, 0.25) is 0 Å². The van der Waals surface area contributed by atoms with E-state index in [0.29, 0.717) is 6.54 Å². The van der Waals surface area contributed by atoms with E-state index in [1.54, 1.807) is 6.26 Å². The van der Waals surface area contributed by atoms with Gasteiger partial charge in [0.15, 0.2) is 5.96 Å². The van der Waals surface area contributed by atoms with E-state index in [4.69, 9.17) is 4.42 Å². The van der Waals surface area contributed by atoms with Crippen LogP contribution in [0.4, 0.5) is 0 Å². The SMILES string of the molecule is CN=C(NCc1ccco1)N1CCC(CC(C)C)C1.I. The van der Waals surface area contributed by atoms with Crippen molar-refractivity contribution in [2.45, 2.75) is 33.2 Å². The first kappa shape index (κ1) is 17.3. The molecule has 1 atom stereocenters. The van der Waals surface area contributed by atoms with E-state index >= 15 is 0 Å². The van der Waals surface area contributed by atoms with Gasteiger partial charge in [0, 0.05) is 20.1 Å². The van der Waals surface area contributed by atoms with Crippen molar-refractivity contribution in [3.05, 3.63) is 24.2 Å². The molecule has 1 aliphatic rings. The molecule has 0 radical (unpaired) electrons. The van der Waals surface area contributed by atoms with Crippen LogP contribution in [0.5, 0.6) is 0 Å². The van der Waals surface area contributed by atoms with E-state index in [1.807, 2.05) is 19.2 Å². The van der Waals surface area contributed by atoms with Crippen molar-refractivity contribution < 1.29 is 4.42 Å². The van der Waals surface area contributed by atoms with Crippen LogP contribution in [0.25, 0.3) is 0 Å². The Morgan fingerprint density at radius 1 is 1.55 bits per heavy atom. The molecule has 1 saturated heterocycles. The van der Waals surface area contributed by atoms with Gasteiger partial charge < -0.3 is 14.6 Å². The normalized spacial score (nSPS) is 19.3. The minimum Gasteiger partial charge on any atom is -0.467 e. The maximum absolute atomic E-state index is 5.33. The van der Waals surface area contributed by atoms with E-state index in [1.165, 1.54) is 12.8 Å². The Morgan fingerprint density at radius 3 is 2.95 bits per heavy atom. The molecule has 1 aromatic rings. The fourth-order valence-electron chi connectivity index (χ4n) is 2.80. The molecule has 1 unspecified atom stereocenters. The molecule has 0 amide bonds. The van der Waals surface area contributed by atoms with Gasteiger partial charge in [0.1, 0.15) is 5.76 Å². The average Bonchev–Trinajstić information content (AvgIpc) is 3.01. The van der Waals surface area contributed by atoms with Crippen LogP contribution < -0.4 is 5.32 Å². The minimum atomic E-state index is 0. The number of hydrogen-bond acceptors (Lipinski definition) is 2. The molecule has 1 aliphatic heterocycles. The predicted molar refractivity (Wildman–Crippen MR) is 93.5 cm³/mol. The van der Waals surface area contributed by atoms with E-state index in [2.05, 4.69) is 29.1 Å². The van der Waals surface area contributed by atoms with Crippen molar-refractivity contribution in [1.82, 2.24) is 10.2 Å². The van der Waals surface area contributed by atoms with Gasteiger partial charge in [-0.2, -0.15) is 0 Å². The highest BCUT2D eigenvalue weighted by molar-refractivity contribution is 14.0. The van der Waals surface area contributed by atoms with E-state index in [0.717, 1.165) is 36.6 Å². The maximum atomic E-state index is 5.33. The number of aliphatic imine (C=N–C) groups is 1. The van der Waals surface area contributed by atoms with Crippen molar-refractivity contribution in [1.29, 1.82) is 0 Å². The van der Waals surface area contributed by atoms with Gasteiger partial charge >= 0.3 is 0 Å². The second-order valence-electron chi connectivity index (χ2n) is 5.71. The van der Waals surface area contributed by atoms with Crippen LogP contribution >= 0.6 is 24.0 Å². The molecule has 0 bridgehead atoms. The van der Waals surface area contributed by atoms with Crippen molar-refractivity contribution in [2.24, 2.45) is 16.8 Å². The molecule has 2 rings (SSSR count). The standard InChI is InChI=1S/C15H25N3O.HI/c1-12(2)9-13-6-7-18(11-13)15(16-3)17-10-14-5-4-8-19-14;/h4-5,8,12-13H,6-7,9-11H2,1-3H3,(H,16,17);1H. The van der Waals surface area contributed by atoms with E-state index in [-0.39, 0.29) is 24.0 Å². The van der Waals surface area contributed by atoms with Gasteiger partial charge in [-0.05, 0) is 36.8 Å². The monoisotopic (exact) mass is 391 g/mol. The zero-order valence-electron chi connectivity index (χ0n) is 12.6. The van der Waals surface area contributed by atoms with Gasteiger partial charge in [0.25, 0.3) is 0 Å². The Balaban J connectivity index is 0.00000200. The first-order valence-electron chi connectivity index (χ1n) is 7.17. The first-order valence-corrected chi connectivity index (χ1v) is 7.17. The lowest BCUT2D eigenvalue weighted by Gasteiger charge is -2.21. The molecule has 4 nitrogen and oxygen atoms in total. The highest BCUT2D eigenvalue weighted by atomic mass is 127. The summed E-state index contributed by atoms with van der Waals surface area (Å²) < 4.78 is 5.33. The van der Waals surface area contributed by atoms with Gasteiger partial charge in [0.05, 0.1) is 12.8 Å². The third-order valence-electron chi connectivity index (χ3n) is 3.60. The summed E-state index contributed by atoms with van der Waals surface area (Å²) in [5.41, 5.74) is 0. The summed E-state index contributed by atoms with van der Waals surface area (Å²) in [7, 11) is 1.85. The molecule has 0 aromatic carbocycles. The van der Waals surface area contributed by atoms with Gasteiger partial charge in [-0.3, -0.25) is 4.99 Å². The van der Waals surface area contributed by atoms with Crippen molar-refractivity contribution in [3.63, 3.8) is 0 Å². The third-order valence-corrected chi connectivity index (χ3v) is 3.60. The highest BCUT2D eigenvalue weighted by Crippen LogP contribution is 2.23. The summed E-state index contributed by atoms with van der Waals surface area (Å²) >= 11 is 0. The molecular formula is C15H26IN3O. The van der Waals surface area contributed by atoms with Crippen molar-refractivity contribution in [3.8, 4) is 0 Å². The predicted octanol–water partition coefficient (Wildman–Crippen LogP) is 3.34. The lowest BCUT2D eigenvalue weighted by atomic mass is 9.97. The van der Waals surface area contributed by atoms with E-state index < -0.39 is 0 Å². The van der Waals surface area contributed by atoms with Crippen LogP contribution in [0.15, 0.2) is 27.8 Å². The van der Waals surface area contributed by atoms with Crippen LogP contribution in [-0.4, -0.2) is 31.0 Å². The number of nitrogens with zero attached hydrogens (tertiary/aromatic N) is 2. The Morgan fingerprint density at radius 2 is 2.35 bits per heavy atom. The van der Waals surface area contributed by atoms with Crippen molar-refractivity contribution >= 4 is 29.9 Å². The van der Waals surface area contributed by atoms with Crippen LogP contribution in [0.3, 0.4) is 0 Å². The van der Waals surface area contributed by atoms with Gasteiger partial charge in [-0.15, -0.1) is 24.0 Å². The summed E-state index contributed by atoms with van der Waals surface area (Å²) in [5.74, 6) is 3.52. The molecule has 2 heterocycles. The largest absolute Gasteiger partial charge is 0.467 e. The fourth-order valence-corrected chi connectivity index (χ4v) is 2.80. The van der Waals surface area contributed by atoms with Gasteiger partial charge in [-0.1, -0.05) is 13.8 Å². The lowest BCUT2D eigenvalue weighted by Crippen LogP contribution is -2.39. The molecular weight excluding hydrogens is 365 g/mol. The topological polar surface area (TPSA) is 40.8 Å². The maximum Gasteiger partial charge on any atom is 0.194 e. The summed E-state index contributed by atoms with van der Waals surface area (Å²) in [6.07, 6.45) is 4.29. The number of furan rings is 1. The molecule has 20 heavy (non-hydrogen) atoms. The van der Waals surface area contributed by atoms with Crippen molar-refractivity contribution in [2.75, 3.05) is 20.1 Å². The molecule has 114 valence electrons. The Bertz CT molecular complexity index is 403. The van der Waals surface area contributed by atoms with E-state index in [9.17, 15) is 0 Å². The van der Waals surface area contributed by atoms with Crippen LogP contribution in [-0.2, 0) is 6.54 Å². The lowest BCUT2D eigenvalue weighted by molar-refractivity contribution is 0.401. The zero-order chi connectivity index (χ0) is 13.7. The van der Waals surface area contributed by atoms with Crippen LogP contribution in [0.1, 0.15) is 32.4 Å². The number of hydrogen-bond donors (Lipinski definition) is 1. The number of guanidine groups is 1. The summed E-state index contributed by atoms with van der Waals surface area (Å²) in [6.45, 7) is 7.52. The zero-order valence-corrected chi connectivity index (χ0v) is 15.0. The van der Waals surface area contributed by atoms with Gasteiger partial charge in [0.2, 0.25) is 0 Å². The Hall–Kier alpha value is -0.720. The average molecular weight is 391 g/mol. The molecule has 0 saturated carbocycles. The second kappa shape index (κ2) is 8.54. The smallest absolute Gasteiger partial charge is 0.194 e. The molecule has 5 heteroatoms.